The maximum atomic E-state index is 5.86. The fourth-order valence-corrected chi connectivity index (χ4v) is 3.03. The Morgan fingerprint density at radius 3 is 2.81 bits per heavy atom. The van der Waals surface area contributed by atoms with Crippen molar-refractivity contribution in [1.82, 2.24) is 0 Å². The maximum absolute atomic E-state index is 5.86. The quantitative estimate of drug-likeness (QED) is 0.487. The van der Waals surface area contributed by atoms with Crippen molar-refractivity contribution in [3.05, 3.63) is 16.5 Å². The summed E-state index contributed by atoms with van der Waals surface area (Å²) in [5.74, 6) is 0. The first-order valence-corrected chi connectivity index (χ1v) is 8.05. The number of hydrogen-bond donors (Lipinski definition) is 0. The van der Waals surface area contributed by atoms with Gasteiger partial charge in [-0.2, -0.15) is 0 Å². The summed E-state index contributed by atoms with van der Waals surface area (Å²) in [7, 11) is 0. The third-order valence-corrected chi connectivity index (χ3v) is 4.19. The summed E-state index contributed by atoms with van der Waals surface area (Å²) in [5.41, 5.74) is 2.82. The number of rotatable bonds is 8. The standard InChI is InChI=1S/C13H21BrOS/c1-3-7-12-11(2)10-16-13(12)15-9-6-4-5-8-14/h10H,3-9H2,1-2H3. The molecule has 0 spiro atoms. The second kappa shape index (κ2) is 8.13. The van der Waals surface area contributed by atoms with Crippen LogP contribution in [0.3, 0.4) is 0 Å². The highest BCUT2D eigenvalue weighted by Gasteiger charge is 2.08. The molecular formula is C13H21BrOS. The van der Waals surface area contributed by atoms with E-state index in [-0.39, 0.29) is 0 Å². The Morgan fingerprint density at radius 2 is 2.12 bits per heavy atom. The number of ether oxygens (including phenoxy) is 1. The monoisotopic (exact) mass is 304 g/mol. The van der Waals surface area contributed by atoms with Gasteiger partial charge >= 0.3 is 0 Å². The molecule has 0 saturated carbocycles. The molecule has 0 N–H and O–H groups in total. The van der Waals surface area contributed by atoms with Gasteiger partial charge in [0.1, 0.15) is 0 Å². The number of unbranched alkanes of at least 4 members (excludes halogenated alkanes) is 2. The van der Waals surface area contributed by atoms with Crippen molar-refractivity contribution in [2.75, 3.05) is 11.9 Å². The van der Waals surface area contributed by atoms with Gasteiger partial charge in [-0.1, -0.05) is 29.3 Å². The Balaban J connectivity index is 2.35. The van der Waals surface area contributed by atoms with Crippen LogP contribution in [0.5, 0.6) is 5.06 Å². The molecule has 0 bridgehead atoms. The molecular weight excluding hydrogens is 284 g/mol. The summed E-state index contributed by atoms with van der Waals surface area (Å²) in [4.78, 5) is 0. The lowest BCUT2D eigenvalue weighted by Gasteiger charge is -2.06. The Morgan fingerprint density at radius 1 is 1.31 bits per heavy atom. The molecule has 16 heavy (non-hydrogen) atoms. The van der Waals surface area contributed by atoms with Crippen LogP contribution in [0.4, 0.5) is 0 Å². The molecule has 0 amide bonds. The fourth-order valence-electron chi connectivity index (χ4n) is 1.65. The highest BCUT2D eigenvalue weighted by Crippen LogP contribution is 2.31. The van der Waals surface area contributed by atoms with E-state index in [4.69, 9.17) is 4.74 Å². The second-order valence-corrected chi connectivity index (χ2v) is 5.67. The summed E-state index contributed by atoms with van der Waals surface area (Å²) < 4.78 is 5.86. The van der Waals surface area contributed by atoms with Crippen LogP contribution in [-0.2, 0) is 6.42 Å². The maximum Gasteiger partial charge on any atom is 0.177 e. The summed E-state index contributed by atoms with van der Waals surface area (Å²) in [6, 6.07) is 0. The molecule has 3 heteroatoms. The van der Waals surface area contributed by atoms with E-state index in [1.165, 1.54) is 30.4 Å². The molecule has 1 aromatic heterocycles. The molecule has 0 aliphatic heterocycles. The Labute approximate surface area is 111 Å². The van der Waals surface area contributed by atoms with Crippen LogP contribution in [0.1, 0.15) is 43.7 Å². The van der Waals surface area contributed by atoms with Gasteiger partial charge in [-0.3, -0.25) is 0 Å². The third kappa shape index (κ3) is 4.46. The van der Waals surface area contributed by atoms with Gasteiger partial charge in [0.15, 0.2) is 5.06 Å². The molecule has 0 radical (unpaired) electrons. The summed E-state index contributed by atoms with van der Waals surface area (Å²) in [6.07, 6.45) is 5.99. The largest absolute Gasteiger partial charge is 0.484 e. The number of thiophene rings is 1. The van der Waals surface area contributed by atoms with Crippen molar-refractivity contribution >= 4 is 27.3 Å². The first kappa shape index (κ1) is 14.0. The van der Waals surface area contributed by atoms with E-state index in [9.17, 15) is 0 Å². The highest BCUT2D eigenvalue weighted by molar-refractivity contribution is 9.09. The van der Waals surface area contributed by atoms with E-state index in [0.29, 0.717) is 0 Å². The molecule has 1 heterocycles. The smallest absolute Gasteiger partial charge is 0.177 e. The van der Waals surface area contributed by atoms with Crippen LogP contribution in [0.2, 0.25) is 0 Å². The molecule has 1 aromatic rings. The van der Waals surface area contributed by atoms with E-state index >= 15 is 0 Å². The van der Waals surface area contributed by atoms with Crippen LogP contribution in [-0.4, -0.2) is 11.9 Å². The van der Waals surface area contributed by atoms with Crippen molar-refractivity contribution in [2.45, 2.75) is 46.0 Å². The van der Waals surface area contributed by atoms with Gasteiger partial charge in [0.05, 0.1) is 6.61 Å². The minimum atomic E-state index is 0.865. The topological polar surface area (TPSA) is 9.23 Å². The molecule has 92 valence electrons. The third-order valence-electron chi connectivity index (χ3n) is 2.58. The number of alkyl halides is 1. The lowest BCUT2D eigenvalue weighted by atomic mass is 10.1. The molecule has 0 saturated heterocycles. The number of hydrogen-bond acceptors (Lipinski definition) is 2. The van der Waals surface area contributed by atoms with Crippen molar-refractivity contribution < 1.29 is 4.74 Å². The van der Waals surface area contributed by atoms with E-state index in [1.807, 2.05) is 0 Å². The van der Waals surface area contributed by atoms with Crippen LogP contribution in [0, 0.1) is 6.92 Å². The molecule has 0 aromatic carbocycles. The predicted molar refractivity (Wildman–Crippen MR) is 76.2 cm³/mol. The highest BCUT2D eigenvalue weighted by atomic mass is 79.9. The molecule has 0 unspecified atom stereocenters. The van der Waals surface area contributed by atoms with Gasteiger partial charge in [-0.15, -0.1) is 11.3 Å². The average Bonchev–Trinajstić information content (AvgIpc) is 2.62. The summed E-state index contributed by atoms with van der Waals surface area (Å²) in [5, 5.41) is 4.46. The summed E-state index contributed by atoms with van der Waals surface area (Å²) in [6.45, 7) is 5.26. The summed E-state index contributed by atoms with van der Waals surface area (Å²) >= 11 is 5.19. The normalized spacial score (nSPS) is 10.7. The van der Waals surface area contributed by atoms with Crippen molar-refractivity contribution in [3.63, 3.8) is 0 Å². The van der Waals surface area contributed by atoms with Crippen LogP contribution < -0.4 is 4.74 Å². The zero-order valence-electron chi connectivity index (χ0n) is 10.2. The molecule has 0 fully saturated rings. The number of aryl methyl sites for hydroxylation is 1. The molecule has 1 nitrogen and oxygen atoms in total. The molecule has 1 rings (SSSR count). The Hall–Kier alpha value is -0.0200. The van der Waals surface area contributed by atoms with Crippen molar-refractivity contribution in [3.8, 4) is 5.06 Å². The van der Waals surface area contributed by atoms with E-state index in [0.717, 1.165) is 29.8 Å². The van der Waals surface area contributed by atoms with Crippen molar-refractivity contribution in [1.29, 1.82) is 0 Å². The van der Waals surface area contributed by atoms with E-state index < -0.39 is 0 Å². The van der Waals surface area contributed by atoms with Crippen LogP contribution in [0.15, 0.2) is 5.38 Å². The minimum Gasteiger partial charge on any atom is -0.484 e. The molecule has 0 aliphatic carbocycles. The lowest BCUT2D eigenvalue weighted by molar-refractivity contribution is 0.312. The molecule has 0 atom stereocenters. The SMILES string of the molecule is CCCc1c(C)csc1OCCCCCBr. The van der Waals surface area contributed by atoms with Gasteiger partial charge in [0.2, 0.25) is 0 Å². The average molecular weight is 305 g/mol. The molecule has 0 aliphatic rings. The minimum absolute atomic E-state index is 0.865. The Bertz CT molecular complexity index is 296. The lowest BCUT2D eigenvalue weighted by Crippen LogP contribution is -1.98. The Kier molecular flexibility index (Phi) is 7.13. The van der Waals surface area contributed by atoms with Gasteiger partial charge in [-0.05, 0) is 43.6 Å². The van der Waals surface area contributed by atoms with Gasteiger partial charge in [0, 0.05) is 10.9 Å². The second-order valence-electron chi connectivity index (χ2n) is 4.03. The first-order valence-electron chi connectivity index (χ1n) is 6.05. The zero-order chi connectivity index (χ0) is 11.8. The van der Waals surface area contributed by atoms with Gasteiger partial charge in [0.25, 0.3) is 0 Å². The zero-order valence-corrected chi connectivity index (χ0v) is 12.6. The van der Waals surface area contributed by atoms with Gasteiger partial charge < -0.3 is 4.74 Å². The first-order chi connectivity index (χ1) is 7.79. The van der Waals surface area contributed by atoms with Gasteiger partial charge in [-0.25, -0.2) is 0 Å². The predicted octanol–water partition coefficient (Wildman–Crippen LogP) is 4.95. The van der Waals surface area contributed by atoms with E-state index in [2.05, 4.69) is 35.2 Å². The van der Waals surface area contributed by atoms with Crippen LogP contribution >= 0.6 is 27.3 Å². The van der Waals surface area contributed by atoms with Crippen molar-refractivity contribution in [2.24, 2.45) is 0 Å². The van der Waals surface area contributed by atoms with Crippen LogP contribution in [0.25, 0.3) is 0 Å². The number of halogens is 1. The fraction of sp³-hybridized carbons (Fsp3) is 0.692. The van der Waals surface area contributed by atoms with E-state index in [1.54, 1.807) is 11.3 Å².